The smallest absolute Gasteiger partial charge is 0.359 e. The first-order valence-corrected chi connectivity index (χ1v) is 10.5. The summed E-state index contributed by atoms with van der Waals surface area (Å²) in [5.74, 6) is -0.0690. The maximum atomic E-state index is 13.5. The Hall–Kier alpha value is -4.00. The summed E-state index contributed by atoms with van der Waals surface area (Å²) in [6, 6.07) is 21.2. The van der Waals surface area contributed by atoms with Gasteiger partial charge in [-0.2, -0.15) is 0 Å². The van der Waals surface area contributed by atoms with Crippen LogP contribution in [0.5, 0.6) is 17.2 Å². The van der Waals surface area contributed by atoms with Gasteiger partial charge in [-0.1, -0.05) is 35.5 Å². The van der Waals surface area contributed by atoms with Crippen LogP contribution in [-0.2, 0) is 20.0 Å². The van der Waals surface area contributed by atoms with Crippen molar-refractivity contribution in [1.82, 2.24) is 0 Å². The number of carbonyl (C=O) groups excluding carboxylic acids is 1. The van der Waals surface area contributed by atoms with Crippen LogP contribution < -0.4 is 9.47 Å². The van der Waals surface area contributed by atoms with Gasteiger partial charge in [-0.15, -0.1) is 0 Å². The molecule has 0 bridgehead atoms. The molecule has 4 rings (SSSR count). The molecule has 7 nitrogen and oxygen atoms in total. The van der Waals surface area contributed by atoms with E-state index in [1.165, 1.54) is 6.07 Å². The maximum absolute atomic E-state index is 13.5. The summed E-state index contributed by atoms with van der Waals surface area (Å²) in [5, 5.41) is 15.1. The lowest BCUT2D eigenvalue weighted by molar-refractivity contribution is -0.172. The number of hydrogen-bond acceptors (Lipinski definition) is 7. The number of carbonyl (C=O) groups is 1. The second-order valence-corrected chi connectivity index (χ2v) is 7.48. The van der Waals surface area contributed by atoms with Crippen LogP contribution in [0, 0.1) is 0 Å². The molecule has 1 aliphatic rings. The molecule has 1 N–H and O–H groups in total. The SMILES string of the molecule is CCOC(=O)[C@@]1(c2ccccc2O)ON=C(c2ccc(OC)cc2)[C@@H]1c1ccc(OC)cc1. The number of ether oxygens (including phenoxy) is 3. The molecular weight excluding hydrogens is 422 g/mol. The standard InChI is InChI=1S/C26H25NO6/c1-4-32-25(29)26(21-7-5-6-8-22(21)28)23(17-9-13-19(30-2)14-10-17)24(27-33-26)18-11-15-20(31-3)16-12-18/h5-16,23,28H,4H2,1-3H3/t23-,26-/m0/s1. The maximum Gasteiger partial charge on any atom is 0.359 e. The number of hydrogen-bond donors (Lipinski definition) is 1. The number of para-hydroxylation sites is 1. The molecule has 0 unspecified atom stereocenters. The highest BCUT2D eigenvalue weighted by Crippen LogP contribution is 2.50. The van der Waals surface area contributed by atoms with Crippen LogP contribution in [0.3, 0.4) is 0 Å². The topological polar surface area (TPSA) is 86.6 Å². The van der Waals surface area contributed by atoms with Crippen LogP contribution in [0.15, 0.2) is 78.0 Å². The highest BCUT2D eigenvalue weighted by molar-refractivity contribution is 6.10. The molecule has 0 fully saturated rings. The second kappa shape index (κ2) is 9.24. The van der Waals surface area contributed by atoms with Crippen molar-refractivity contribution in [3.63, 3.8) is 0 Å². The van der Waals surface area contributed by atoms with Crippen molar-refractivity contribution in [2.75, 3.05) is 20.8 Å². The van der Waals surface area contributed by atoms with Gasteiger partial charge in [0.2, 0.25) is 0 Å². The number of nitrogens with zero attached hydrogens (tertiary/aromatic N) is 1. The van der Waals surface area contributed by atoms with E-state index < -0.39 is 17.5 Å². The summed E-state index contributed by atoms with van der Waals surface area (Å²) >= 11 is 0. The lowest BCUT2D eigenvalue weighted by atomic mass is 9.73. The molecular formula is C26H25NO6. The fraction of sp³-hybridized carbons (Fsp3) is 0.231. The number of methoxy groups -OCH3 is 2. The largest absolute Gasteiger partial charge is 0.507 e. The van der Waals surface area contributed by atoms with Gasteiger partial charge < -0.3 is 24.2 Å². The van der Waals surface area contributed by atoms with Gasteiger partial charge in [0.15, 0.2) is 0 Å². The Morgan fingerprint density at radius 2 is 1.58 bits per heavy atom. The van der Waals surface area contributed by atoms with E-state index in [1.54, 1.807) is 51.5 Å². The van der Waals surface area contributed by atoms with Gasteiger partial charge in [0.05, 0.1) is 38.0 Å². The molecule has 0 saturated heterocycles. The molecule has 1 heterocycles. The second-order valence-electron chi connectivity index (χ2n) is 7.48. The minimum absolute atomic E-state index is 0.0877. The molecule has 0 amide bonds. The van der Waals surface area contributed by atoms with Gasteiger partial charge >= 0.3 is 5.97 Å². The lowest BCUT2D eigenvalue weighted by Crippen LogP contribution is -2.44. The lowest BCUT2D eigenvalue weighted by Gasteiger charge is -2.32. The molecule has 0 radical (unpaired) electrons. The van der Waals surface area contributed by atoms with E-state index in [-0.39, 0.29) is 17.9 Å². The zero-order chi connectivity index (χ0) is 23.4. The highest BCUT2D eigenvalue weighted by atomic mass is 16.7. The molecule has 2 atom stereocenters. The Morgan fingerprint density at radius 3 is 2.15 bits per heavy atom. The molecule has 170 valence electrons. The summed E-state index contributed by atoms with van der Waals surface area (Å²) < 4.78 is 16.0. The number of esters is 1. The zero-order valence-corrected chi connectivity index (χ0v) is 18.6. The first-order chi connectivity index (χ1) is 16.0. The van der Waals surface area contributed by atoms with Gasteiger partial charge in [-0.05, 0) is 55.0 Å². The molecule has 3 aromatic rings. The average molecular weight is 447 g/mol. The normalized spacial score (nSPS) is 19.4. The molecule has 0 aromatic heterocycles. The Balaban J connectivity index is 1.94. The van der Waals surface area contributed by atoms with Gasteiger partial charge in [0, 0.05) is 5.56 Å². The van der Waals surface area contributed by atoms with Gasteiger partial charge in [-0.25, -0.2) is 4.79 Å². The molecule has 1 aliphatic heterocycles. The van der Waals surface area contributed by atoms with Gasteiger partial charge in [0.25, 0.3) is 5.60 Å². The van der Waals surface area contributed by atoms with Crippen LogP contribution in [0.2, 0.25) is 0 Å². The molecule has 0 saturated carbocycles. The van der Waals surface area contributed by atoms with E-state index in [9.17, 15) is 9.90 Å². The first kappa shape index (κ1) is 22.2. The van der Waals surface area contributed by atoms with Crippen molar-refractivity contribution < 1.29 is 28.9 Å². The summed E-state index contributed by atoms with van der Waals surface area (Å²) in [6.07, 6.45) is 0. The number of phenolic OH excluding ortho intramolecular Hbond substituents is 1. The third-order valence-electron chi connectivity index (χ3n) is 5.69. The Bertz CT molecular complexity index is 1160. The van der Waals surface area contributed by atoms with Crippen LogP contribution in [-0.4, -0.2) is 37.6 Å². The minimum Gasteiger partial charge on any atom is -0.507 e. The van der Waals surface area contributed by atoms with E-state index in [1.807, 2.05) is 36.4 Å². The summed E-state index contributed by atoms with van der Waals surface area (Å²) in [5.41, 5.74) is 0.582. The molecule has 3 aromatic carbocycles. The quantitative estimate of drug-likeness (QED) is 0.541. The van der Waals surface area contributed by atoms with Crippen molar-refractivity contribution in [3.05, 3.63) is 89.5 Å². The van der Waals surface area contributed by atoms with Crippen molar-refractivity contribution in [2.24, 2.45) is 5.16 Å². The predicted molar refractivity (Wildman–Crippen MR) is 123 cm³/mol. The summed E-state index contributed by atoms with van der Waals surface area (Å²) in [6.45, 7) is 1.86. The van der Waals surface area contributed by atoms with Crippen molar-refractivity contribution >= 4 is 11.7 Å². The Labute approximate surface area is 192 Å². The molecule has 0 spiro atoms. The van der Waals surface area contributed by atoms with E-state index in [2.05, 4.69) is 5.16 Å². The third-order valence-corrected chi connectivity index (χ3v) is 5.69. The van der Waals surface area contributed by atoms with Crippen LogP contribution in [0.1, 0.15) is 29.5 Å². The highest BCUT2D eigenvalue weighted by Gasteiger charge is 2.59. The van der Waals surface area contributed by atoms with Gasteiger partial charge in [-0.3, -0.25) is 0 Å². The van der Waals surface area contributed by atoms with E-state index in [0.29, 0.717) is 17.2 Å². The molecule has 0 aliphatic carbocycles. The average Bonchev–Trinajstić information content (AvgIpc) is 3.26. The van der Waals surface area contributed by atoms with Crippen molar-refractivity contribution in [2.45, 2.75) is 18.4 Å². The van der Waals surface area contributed by atoms with Crippen molar-refractivity contribution in [1.29, 1.82) is 0 Å². The number of phenols is 1. The van der Waals surface area contributed by atoms with Crippen LogP contribution in [0.25, 0.3) is 0 Å². The fourth-order valence-electron chi connectivity index (χ4n) is 4.08. The number of aromatic hydroxyl groups is 1. The summed E-state index contributed by atoms with van der Waals surface area (Å²) in [4.78, 5) is 19.5. The summed E-state index contributed by atoms with van der Waals surface area (Å²) in [7, 11) is 3.18. The van der Waals surface area contributed by atoms with Crippen molar-refractivity contribution in [3.8, 4) is 17.2 Å². The number of rotatable bonds is 7. The predicted octanol–water partition coefficient (Wildman–Crippen LogP) is 4.39. The van der Waals surface area contributed by atoms with Crippen LogP contribution >= 0.6 is 0 Å². The minimum atomic E-state index is -1.72. The molecule has 7 heteroatoms. The number of oxime groups is 1. The number of benzene rings is 3. The van der Waals surface area contributed by atoms with Gasteiger partial charge in [0.1, 0.15) is 17.2 Å². The molecule has 33 heavy (non-hydrogen) atoms. The van der Waals surface area contributed by atoms with Crippen LogP contribution in [0.4, 0.5) is 0 Å². The zero-order valence-electron chi connectivity index (χ0n) is 18.6. The Morgan fingerprint density at radius 1 is 0.970 bits per heavy atom. The first-order valence-electron chi connectivity index (χ1n) is 10.5. The van der Waals surface area contributed by atoms with E-state index >= 15 is 0 Å². The third kappa shape index (κ3) is 3.86. The van der Waals surface area contributed by atoms with E-state index in [4.69, 9.17) is 19.0 Å². The monoisotopic (exact) mass is 447 g/mol. The fourth-order valence-corrected chi connectivity index (χ4v) is 4.08. The van der Waals surface area contributed by atoms with E-state index in [0.717, 1.165) is 11.1 Å². The Kier molecular flexibility index (Phi) is 6.22.